The van der Waals surface area contributed by atoms with Crippen molar-refractivity contribution in [3.05, 3.63) is 23.8 Å². The summed E-state index contributed by atoms with van der Waals surface area (Å²) in [7, 11) is -0.392. The fourth-order valence-corrected chi connectivity index (χ4v) is 2.34. The van der Waals surface area contributed by atoms with E-state index in [2.05, 4.69) is 0 Å². The lowest BCUT2D eigenvalue weighted by Gasteiger charge is -2.32. The lowest BCUT2D eigenvalue weighted by molar-refractivity contribution is 0.00578. The van der Waals surface area contributed by atoms with Crippen molar-refractivity contribution < 1.29 is 19.2 Å². The number of hydrogen-bond acceptors (Lipinski definition) is 4. The Bertz CT molecular complexity index is 496. The van der Waals surface area contributed by atoms with Crippen LogP contribution in [0.5, 0.6) is 5.75 Å². The third-order valence-corrected chi connectivity index (χ3v) is 4.32. The molecular weight excluding hydrogens is 243 g/mol. The Morgan fingerprint density at radius 3 is 2.42 bits per heavy atom. The summed E-state index contributed by atoms with van der Waals surface area (Å²) < 4.78 is 17.4. The van der Waals surface area contributed by atoms with Crippen molar-refractivity contribution in [1.82, 2.24) is 0 Å². The fraction of sp³-hybridized carbons (Fsp3) is 0.571. The van der Waals surface area contributed by atoms with Crippen LogP contribution in [0.3, 0.4) is 0 Å². The SMILES string of the molecule is CC1(C)OB(c2ccc3c(c2)OCC3O)OC1(C)C. The number of fused-ring (bicyclic) bond motifs is 1. The smallest absolute Gasteiger partial charge is 0.490 e. The van der Waals surface area contributed by atoms with E-state index in [0.717, 1.165) is 16.8 Å². The molecule has 0 aromatic heterocycles. The van der Waals surface area contributed by atoms with Crippen LogP contribution in [0.25, 0.3) is 0 Å². The first-order valence-corrected chi connectivity index (χ1v) is 6.60. The molecular formula is C14H19BO4. The highest BCUT2D eigenvalue weighted by atomic mass is 16.7. The average molecular weight is 262 g/mol. The summed E-state index contributed by atoms with van der Waals surface area (Å²) >= 11 is 0. The van der Waals surface area contributed by atoms with Crippen LogP contribution < -0.4 is 10.2 Å². The standard InChI is InChI=1S/C14H19BO4/c1-13(2)14(3,4)19-15(18-13)9-5-6-10-11(16)8-17-12(10)7-9/h5-7,11,16H,8H2,1-4H3. The molecule has 1 aromatic carbocycles. The first-order chi connectivity index (χ1) is 8.80. The lowest BCUT2D eigenvalue weighted by Crippen LogP contribution is -2.41. The number of benzene rings is 1. The van der Waals surface area contributed by atoms with E-state index in [-0.39, 0.29) is 11.2 Å². The zero-order chi connectivity index (χ0) is 13.8. The molecule has 1 fully saturated rings. The van der Waals surface area contributed by atoms with Crippen LogP contribution in [0.15, 0.2) is 18.2 Å². The molecule has 2 heterocycles. The predicted molar refractivity (Wildman–Crippen MR) is 72.6 cm³/mol. The second-order valence-corrected chi connectivity index (χ2v) is 6.21. The third-order valence-electron chi connectivity index (χ3n) is 4.32. The van der Waals surface area contributed by atoms with E-state index >= 15 is 0 Å². The van der Waals surface area contributed by atoms with Crippen LogP contribution in [0.1, 0.15) is 39.4 Å². The van der Waals surface area contributed by atoms with Gasteiger partial charge in [-0.15, -0.1) is 0 Å². The van der Waals surface area contributed by atoms with Gasteiger partial charge in [-0.05, 0) is 39.2 Å². The van der Waals surface area contributed by atoms with Crippen LogP contribution in [0.2, 0.25) is 0 Å². The van der Waals surface area contributed by atoms with Crippen LogP contribution in [-0.4, -0.2) is 30.0 Å². The maximum absolute atomic E-state index is 9.72. The van der Waals surface area contributed by atoms with E-state index < -0.39 is 13.2 Å². The third kappa shape index (κ3) is 1.97. The molecule has 1 saturated heterocycles. The fourth-order valence-electron chi connectivity index (χ4n) is 2.34. The minimum Gasteiger partial charge on any atom is -0.490 e. The highest BCUT2D eigenvalue weighted by Gasteiger charge is 2.51. The highest BCUT2D eigenvalue weighted by Crippen LogP contribution is 2.37. The van der Waals surface area contributed by atoms with Crippen LogP contribution >= 0.6 is 0 Å². The first-order valence-electron chi connectivity index (χ1n) is 6.60. The van der Waals surface area contributed by atoms with Crippen molar-refractivity contribution in [2.24, 2.45) is 0 Å². The van der Waals surface area contributed by atoms with E-state index in [9.17, 15) is 5.11 Å². The topological polar surface area (TPSA) is 47.9 Å². The van der Waals surface area contributed by atoms with Crippen molar-refractivity contribution in [2.75, 3.05) is 6.61 Å². The number of hydrogen-bond donors (Lipinski definition) is 1. The summed E-state index contributed by atoms with van der Waals surface area (Å²) in [6.45, 7) is 8.44. The molecule has 1 aromatic rings. The highest BCUT2D eigenvalue weighted by molar-refractivity contribution is 6.62. The van der Waals surface area contributed by atoms with Gasteiger partial charge < -0.3 is 19.2 Å². The van der Waals surface area contributed by atoms with E-state index in [4.69, 9.17) is 14.0 Å². The number of ether oxygens (including phenoxy) is 1. The van der Waals surface area contributed by atoms with Gasteiger partial charge in [0.05, 0.1) is 11.2 Å². The molecule has 0 spiro atoms. The maximum Gasteiger partial charge on any atom is 0.494 e. The van der Waals surface area contributed by atoms with Gasteiger partial charge in [-0.25, -0.2) is 0 Å². The molecule has 0 amide bonds. The van der Waals surface area contributed by atoms with Gasteiger partial charge in [0, 0.05) is 5.56 Å². The summed E-state index contributed by atoms with van der Waals surface area (Å²) in [5.41, 5.74) is 1.06. The van der Waals surface area contributed by atoms with Gasteiger partial charge in [0.2, 0.25) is 0 Å². The first kappa shape index (κ1) is 13.0. The zero-order valence-corrected chi connectivity index (χ0v) is 11.8. The van der Waals surface area contributed by atoms with Crippen molar-refractivity contribution in [1.29, 1.82) is 0 Å². The van der Waals surface area contributed by atoms with E-state index in [0.29, 0.717) is 6.61 Å². The van der Waals surface area contributed by atoms with Crippen LogP contribution in [0.4, 0.5) is 0 Å². The second-order valence-electron chi connectivity index (χ2n) is 6.21. The van der Waals surface area contributed by atoms with Gasteiger partial charge >= 0.3 is 7.12 Å². The molecule has 0 aliphatic carbocycles. The van der Waals surface area contributed by atoms with Crippen LogP contribution in [0, 0.1) is 0 Å². The van der Waals surface area contributed by atoms with Gasteiger partial charge in [-0.2, -0.15) is 0 Å². The van der Waals surface area contributed by atoms with E-state index in [1.807, 2.05) is 45.9 Å². The monoisotopic (exact) mass is 262 g/mol. The Kier molecular flexibility index (Phi) is 2.72. The van der Waals surface area contributed by atoms with Crippen molar-refractivity contribution in [2.45, 2.75) is 45.0 Å². The van der Waals surface area contributed by atoms with E-state index in [1.165, 1.54) is 0 Å². The molecule has 102 valence electrons. The summed E-state index contributed by atoms with van der Waals surface area (Å²) in [6, 6.07) is 5.71. The van der Waals surface area contributed by atoms with Gasteiger partial charge in [-0.3, -0.25) is 0 Å². The summed E-state index contributed by atoms with van der Waals surface area (Å²) in [6.07, 6.45) is -0.526. The van der Waals surface area contributed by atoms with E-state index in [1.54, 1.807) is 0 Å². The average Bonchev–Trinajstić information content (AvgIpc) is 2.78. The second kappa shape index (κ2) is 3.98. The summed E-state index contributed by atoms with van der Waals surface area (Å²) in [4.78, 5) is 0. The Labute approximate surface area is 113 Å². The normalized spacial score (nSPS) is 27.2. The molecule has 0 radical (unpaired) electrons. The molecule has 3 rings (SSSR count). The van der Waals surface area contributed by atoms with Gasteiger partial charge in [0.1, 0.15) is 18.5 Å². The number of aliphatic hydroxyl groups is 1. The quantitative estimate of drug-likeness (QED) is 0.777. The molecule has 1 N–H and O–H groups in total. The minimum absolute atomic E-state index is 0.322. The predicted octanol–water partition coefficient (Wildman–Crippen LogP) is 1.41. The van der Waals surface area contributed by atoms with Gasteiger partial charge in [0.25, 0.3) is 0 Å². The Morgan fingerprint density at radius 2 is 1.79 bits per heavy atom. The molecule has 0 bridgehead atoms. The largest absolute Gasteiger partial charge is 0.494 e. The molecule has 5 heteroatoms. The molecule has 2 aliphatic rings. The maximum atomic E-state index is 9.72. The molecule has 4 nitrogen and oxygen atoms in total. The zero-order valence-electron chi connectivity index (χ0n) is 11.8. The molecule has 0 saturated carbocycles. The van der Waals surface area contributed by atoms with Gasteiger partial charge in [-0.1, -0.05) is 12.1 Å². The van der Waals surface area contributed by atoms with Crippen molar-refractivity contribution >= 4 is 12.6 Å². The molecule has 1 unspecified atom stereocenters. The Balaban J connectivity index is 1.89. The Morgan fingerprint density at radius 1 is 1.16 bits per heavy atom. The molecule has 1 atom stereocenters. The van der Waals surface area contributed by atoms with Gasteiger partial charge in [0.15, 0.2) is 0 Å². The van der Waals surface area contributed by atoms with Crippen molar-refractivity contribution in [3.63, 3.8) is 0 Å². The number of rotatable bonds is 1. The van der Waals surface area contributed by atoms with Crippen molar-refractivity contribution in [3.8, 4) is 5.75 Å². The summed E-state index contributed by atoms with van der Waals surface area (Å²) in [5.74, 6) is 0.722. The summed E-state index contributed by atoms with van der Waals surface area (Å²) in [5, 5.41) is 9.72. The minimum atomic E-state index is -0.526. The Hall–Kier alpha value is -1.04. The molecule has 19 heavy (non-hydrogen) atoms. The molecule has 2 aliphatic heterocycles. The lowest BCUT2D eigenvalue weighted by atomic mass is 9.78. The van der Waals surface area contributed by atoms with Crippen LogP contribution in [-0.2, 0) is 9.31 Å². The number of aliphatic hydroxyl groups excluding tert-OH is 1.